The van der Waals surface area contributed by atoms with Gasteiger partial charge in [-0.2, -0.15) is 0 Å². The molecule has 0 radical (unpaired) electrons. The maximum atomic E-state index is 6.04. The number of nitrogens with two attached hydrogens (primary N) is 1. The van der Waals surface area contributed by atoms with Crippen LogP contribution in [0, 0.1) is 0 Å². The number of allylic oxidation sites excluding steroid dienone is 1. The van der Waals surface area contributed by atoms with E-state index in [1.165, 1.54) is 0 Å². The topological polar surface area (TPSA) is 35.2 Å². The molecule has 2 heteroatoms. The number of para-hydroxylation sites is 1. The SMILES string of the molecule is C=CCc1cccc(C(C)N)c1OCc1ccccc1. The first-order chi connectivity index (χ1) is 9.72. The Balaban J connectivity index is 2.25. The zero-order valence-electron chi connectivity index (χ0n) is 11.9. The first-order valence-corrected chi connectivity index (χ1v) is 6.87. The Hall–Kier alpha value is -2.06. The van der Waals surface area contributed by atoms with E-state index in [2.05, 4.69) is 24.8 Å². The van der Waals surface area contributed by atoms with Crippen molar-refractivity contribution in [2.45, 2.75) is 26.0 Å². The Morgan fingerprint density at radius 1 is 1.15 bits per heavy atom. The van der Waals surface area contributed by atoms with Crippen molar-refractivity contribution < 1.29 is 4.74 Å². The fraction of sp³-hybridized carbons (Fsp3) is 0.222. The van der Waals surface area contributed by atoms with Crippen molar-refractivity contribution in [1.82, 2.24) is 0 Å². The van der Waals surface area contributed by atoms with Gasteiger partial charge in [-0.25, -0.2) is 0 Å². The standard InChI is InChI=1S/C18H21NO/c1-3-8-16-11-7-12-17(14(2)19)18(16)20-13-15-9-5-4-6-10-15/h3-7,9-12,14H,1,8,13,19H2,2H3. The number of hydrogen-bond acceptors (Lipinski definition) is 2. The third-order valence-corrected chi connectivity index (χ3v) is 3.21. The zero-order chi connectivity index (χ0) is 14.4. The van der Waals surface area contributed by atoms with E-state index in [4.69, 9.17) is 10.5 Å². The molecule has 2 aromatic carbocycles. The lowest BCUT2D eigenvalue weighted by molar-refractivity contribution is 0.298. The van der Waals surface area contributed by atoms with Crippen LogP contribution in [-0.4, -0.2) is 0 Å². The highest BCUT2D eigenvalue weighted by Gasteiger charge is 2.12. The predicted octanol–water partition coefficient (Wildman–Crippen LogP) is 4.01. The first kappa shape index (κ1) is 14.4. The molecule has 2 aromatic rings. The van der Waals surface area contributed by atoms with Gasteiger partial charge in [0.1, 0.15) is 12.4 Å². The van der Waals surface area contributed by atoms with Crippen LogP contribution in [-0.2, 0) is 13.0 Å². The Labute approximate surface area is 120 Å². The molecule has 0 amide bonds. The molecular weight excluding hydrogens is 246 g/mol. The molecule has 0 aromatic heterocycles. The molecule has 1 unspecified atom stereocenters. The average molecular weight is 267 g/mol. The summed E-state index contributed by atoms with van der Waals surface area (Å²) in [5, 5.41) is 0. The number of benzene rings is 2. The largest absolute Gasteiger partial charge is 0.488 e. The Morgan fingerprint density at radius 2 is 1.90 bits per heavy atom. The van der Waals surface area contributed by atoms with Gasteiger partial charge in [0.05, 0.1) is 0 Å². The quantitative estimate of drug-likeness (QED) is 0.802. The van der Waals surface area contributed by atoms with Crippen LogP contribution in [0.5, 0.6) is 5.75 Å². The Bertz CT molecular complexity index is 561. The molecule has 0 aliphatic carbocycles. The highest BCUT2D eigenvalue weighted by atomic mass is 16.5. The van der Waals surface area contributed by atoms with Gasteiger partial charge in [0.25, 0.3) is 0 Å². The summed E-state index contributed by atoms with van der Waals surface area (Å²) < 4.78 is 6.04. The molecule has 0 aliphatic heterocycles. The summed E-state index contributed by atoms with van der Waals surface area (Å²) in [4.78, 5) is 0. The lowest BCUT2D eigenvalue weighted by Crippen LogP contribution is -2.09. The number of ether oxygens (including phenoxy) is 1. The number of hydrogen-bond donors (Lipinski definition) is 1. The van der Waals surface area contributed by atoms with Gasteiger partial charge in [0.2, 0.25) is 0 Å². The van der Waals surface area contributed by atoms with E-state index in [0.29, 0.717) is 6.61 Å². The molecule has 0 saturated carbocycles. The third-order valence-electron chi connectivity index (χ3n) is 3.21. The van der Waals surface area contributed by atoms with Crippen molar-refractivity contribution in [3.8, 4) is 5.75 Å². The van der Waals surface area contributed by atoms with Gasteiger partial charge < -0.3 is 10.5 Å². The second-order valence-electron chi connectivity index (χ2n) is 4.89. The summed E-state index contributed by atoms with van der Waals surface area (Å²) in [5.41, 5.74) is 9.36. The van der Waals surface area contributed by atoms with Gasteiger partial charge >= 0.3 is 0 Å². The van der Waals surface area contributed by atoms with Gasteiger partial charge in [-0.1, -0.05) is 54.6 Å². The highest BCUT2D eigenvalue weighted by molar-refractivity contribution is 5.44. The highest BCUT2D eigenvalue weighted by Crippen LogP contribution is 2.29. The van der Waals surface area contributed by atoms with Crippen LogP contribution in [0.3, 0.4) is 0 Å². The molecule has 2 nitrogen and oxygen atoms in total. The molecule has 2 N–H and O–H groups in total. The molecule has 104 valence electrons. The molecule has 0 saturated heterocycles. The molecule has 0 heterocycles. The van der Waals surface area contributed by atoms with Crippen molar-refractivity contribution in [1.29, 1.82) is 0 Å². The maximum absolute atomic E-state index is 6.04. The minimum atomic E-state index is -0.0504. The second kappa shape index (κ2) is 6.92. The minimum absolute atomic E-state index is 0.0504. The van der Waals surface area contributed by atoms with E-state index < -0.39 is 0 Å². The van der Waals surface area contributed by atoms with Crippen LogP contribution in [0.2, 0.25) is 0 Å². The van der Waals surface area contributed by atoms with Crippen LogP contribution < -0.4 is 10.5 Å². The zero-order valence-corrected chi connectivity index (χ0v) is 11.9. The summed E-state index contributed by atoms with van der Waals surface area (Å²) in [6.07, 6.45) is 2.67. The fourth-order valence-electron chi connectivity index (χ4n) is 2.19. The monoisotopic (exact) mass is 267 g/mol. The predicted molar refractivity (Wildman–Crippen MR) is 83.7 cm³/mol. The van der Waals surface area contributed by atoms with E-state index in [-0.39, 0.29) is 6.04 Å². The van der Waals surface area contributed by atoms with E-state index >= 15 is 0 Å². The molecular formula is C18H21NO. The fourth-order valence-corrected chi connectivity index (χ4v) is 2.19. The van der Waals surface area contributed by atoms with Gasteiger partial charge in [-0.15, -0.1) is 6.58 Å². The molecule has 0 fully saturated rings. The van der Waals surface area contributed by atoms with Gasteiger partial charge in [0.15, 0.2) is 0 Å². The molecule has 0 spiro atoms. The normalized spacial score (nSPS) is 11.9. The van der Waals surface area contributed by atoms with Crippen LogP contribution in [0.4, 0.5) is 0 Å². The van der Waals surface area contributed by atoms with Crippen molar-refractivity contribution in [2.75, 3.05) is 0 Å². The van der Waals surface area contributed by atoms with E-state index in [9.17, 15) is 0 Å². The van der Waals surface area contributed by atoms with Crippen molar-refractivity contribution >= 4 is 0 Å². The minimum Gasteiger partial charge on any atom is -0.488 e. The number of rotatable bonds is 6. The maximum Gasteiger partial charge on any atom is 0.128 e. The molecule has 2 rings (SSSR count). The van der Waals surface area contributed by atoms with E-state index in [1.807, 2.05) is 43.3 Å². The van der Waals surface area contributed by atoms with Crippen molar-refractivity contribution in [3.05, 3.63) is 77.9 Å². The summed E-state index contributed by atoms with van der Waals surface area (Å²) in [5.74, 6) is 0.895. The van der Waals surface area contributed by atoms with Crippen molar-refractivity contribution in [2.24, 2.45) is 5.73 Å². The Morgan fingerprint density at radius 3 is 2.55 bits per heavy atom. The van der Waals surface area contributed by atoms with E-state index in [0.717, 1.165) is 28.9 Å². The lowest BCUT2D eigenvalue weighted by atomic mass is 10.0. The smallest absolute Gasteiger partial charge is 0.128 e. The van der Waals surface area contributed by atoms with Crippen LogP contribution >= 0.6 is 0 Å². The molecule has 20 heavy (non-hydrogen) atoms. The van der Waals surface area contributed by atoms with Crippen LogP contribution in [0.25, 0.3) is 0 Å². The summed E-state index contributed by atoms with van der Waals surface area (Å²) in [7, 11) is 0. The molecule has 0 aliphatic rings. The summed E-state index contributed by atoms with van der Waals surface area (Å²) >= 11 is 0. The van der Waals surface area contributed by atoms with Gasteiger partial charge in [-0.05, 0) is 24.5 Å². The summed E-state index contributed by atoms with van der Waals surface area (Å²) in [6, 6.07) is 16.2. The van der Waals surface area contributed by atoms with Gasteiger partial charge in [0, 0.05) is 11.6 Å². The van der Waals surface area contributed by atoms with Gasteiger partial charge in [-0.3, -0.25) is 0 Å². The Kier molecular flexibility index (Phi) is 4.97. The van der Waals surface area contributed by atoms with E-state index in [1.54, 1.807) is 0 Å². The van der Waals surface area contributed by atoms with Crippen LogP contribution in [0.15, 0.2) is 61.2 Å². The second-order valence-corrected chi connectivity index (χ2v) is 4.89. The third kappa shape index (κ3) is 3.49. The lowest BCUT2D eigenvalue weighted by Gasteiger charge is -2.17. The summed E-state index contributed by atoms with van der Waals surface area (Å²) in [6.45, 7) is 6.33. The average Bonchev–Trinajstić information content (AvgIpc) is 2.47. The van der Waals surface area contributed by atoms with Crippen molar-refractivity contribution in [3.63, 3.8) is 0 Å². The molecule has 1 atom stereocenters. The van der Waals surface area contributed by atoms with Crippen LogP contribution in [0.1, 0.15) is 29.7 Å². The molecule has 0 bridgehead atoms. The first-order valence-electron chi connectivity index (χ1n) is 6.87.